The van der Waals surface area contributed by atoms with E-state index < -0.39 is 0 Å². The summed E-state index contributed by atoms with van der Waals surface area (Å²) in [7, 11) is -0.132. The Hall–Kier alpha value is -0.880. The molecule has 1 heterocycles. The molecule has 0 N–H and O–H groups in total. The van der Waals surface area contributed by atoms with Crippen LogP contribution in [0.4, 0.5) is 0 Å². The van der Waals surface area contributed by atoms with Crippen molar-refractivity contribution in [2.75, 3.05) is 6.61 Å². The molecule has 1 atom stereocenters. The highest BCUT2D eigenvalue weighted by Gasteiger charge is 2.36. The number of rotatable bonds is 4. The zero-order chi connectivity index (χ0) is 19.6. The van der Waals surface area contributed by atoms with Crippen molar-refractivity contribution in [3.8, 4) is 0 Å². The van der Waals surface area contributed by atoms with Gasteiger partial charge in [-0.25, -0.2) is 4.99 Å². The van der Waals surface area contributed by atoms with Gasteiger partial charge in [-0.3, -0.25) is 0 Å². The van der Waals surface area contributed by atoms with E-state index in [1.807, 2.05) is 0 Å². The van der Waals surface area contributed by atoms with Gasteiger partial charge in [0.25, 0.3) is 0 Å². The lowest BCUT2D eigenvalue weighted by atomic mass is 9.88. The number of hydrogen-bond donors (Lipinski definition) is 0. The van der Waals surface area contributed by atoms with Crippen LogP contribution in [0.1, 0.15) is 90.5 Å². The maximum atomic E-state index is 6.20. The number of ether oxygens (including phenoxy) is 1. The highest BCUT2D eigenvalue weighted by atomic mass is 31.1. The van der Waals surface area contributed by atoms with Crippen LogP contribution in [-0.2, 0) is 4.74 Å². The van der Waals surface area contributed by atoms with Crippen LogP contribution < -0.4 is 5.30 Å². The van der Waals surface area contributed by atoms with E-state index in [-0.39, 0.29) is 19.4 Å². The zero-order valence-corrected chi connectivity index (χ0v) is 19.0. The topological polar surface area (TPSA) is 21.6 Å². The van der Waals surface area contributed by atoms with E-state index in [4.69, 9.17) is 9.73 Å². The number of benzene rings is 1. The van der Waals surface area contributed by atoms with Crippen molar-refractivity contribution in [3.05, 3.63) is 29.8 Å². The Morgan fingerprint density at radius 2 is 1.43 bits per heavy atom. The van der Waals surface area contributed by atoms with E-state index in [1.54, 1.807) is 5.30 Å². The second-order valence-corrected chi connectivity index (χ2v) is 12.9. The summed E-state index contributed by atoms with van der Waals surface area (Å²) >= 11 is 0. The average molecular weight is 400 g/mol. The first-order valence-corrected chi connectivity index (χ1v) is 13.1. The molecule has 0 amide bonds. The molecule has 0 radical (unpaired) electrons. The van der Waals surface area contributed by atoms with Gasteiger partial charge in [-0.15, -0.1) is 0 Å². The molecular formula is C25H38NOP. The van der Waals surface area contributed by atoms with Crippen LogP contribution in [-0.4, -0.2) is 29.9 Å². The maximum absolute atomic E-state index is 6.20. The van der Waals surface area contributed by atoms with Crippen LogP contribution in [0.15, 0.2) is 29.3 Å². The van der Waals surface area contributed by atoms with Crippen molar-refractivity contribution in [1.82, 2.24) is 0 Å². The highest BCUT2D eigenvalue weighted by Crippen LogP contribution is 2.55. The van der Waals surface area contributed by atoms with Gasteiger partial charge >= 0.3 is 0 Å². The lowest BCUT2D eigenvalue weighted by Gasteiger charge is -2.39. The minimum absolute atomic E-state index is 0.132. The summed E-state index contributed by atoms with van der Waals surface area (Å²) in [6.07, 6.45) is 14.4. The first kappa shape index (κ1) is 20.4. The summed E-state index contributed by atoms with van der Waals surface area (Å²) in [4.78, 5) is 5.07. The van der Waals surface area contributed by atoms with Crippen molar-refractivity contribution >= 4 is 19.1 Å². The third-order valence-electron chi connectivity index (χ3n) is 7.00. The van der Waals surface area contributed by atoms with Gasteiger partial charge < -0.3 is 4.74 Å². The largest absolute Gasteiger partial charge is 0.475 e. The van der Waals surface area contributed by atoms with Crippen molar-refractivity contribution in [2.24, 2.45) is 10.4 Å². The molecule has 154 valence electrons. The third-order valence-corrected chi connectivity index (χ3v) is 10.6. The molecule has 2 fully saturated rings. The van der Waals surface area contributed by atoms with Gasteiger partial charge in [-0.05, 0) is 53.8 Å². The average Bonchev–Trinajstić information content (AvgIpc) is 3.21. The predicted molar refractivity (Wildman–Crippen MR) is 122 cm³/mol. The summed E-state index contributed by atoms with van der Waals surface area (Å²) in [5.41, 5.74) is 3.30. The van der Waals surface area contributed by atoms with Gasteiger partial charge in [0.15, 0.2) is 0 Å². The molecule has 3 heteroatoms. The molecule has 4 rings (SSSR count). The second-order valence-electron chi connectivity index (χ2n) is 10.1. The van der Waals surface area contributed by atoms with Crippen molar-refractivity contribution in [3.63, 3.8) is 0 Å². The summed E-state index contributed by atoms with van der Waals surface area (Å²) in [6, 6.07) is 9.44. The summed E-state index contributed by atoms with van der Waals surface area (Å²) < 4.78 is 6.20. The molecule has 3 aliphatic rings. The molecular weight excluding hydrogens is 361 g/mol. The fourth-order valence-electron chi connectivity index (χ4n) is 5.25. The Labute approximate surface area is 173 Å². The van der Waals surface area contributed by atoms with E-state index in [0.29, 0.717) is 0 Å². The fourth-order valence-corrected chi connectivity index (χ4v) is 9.19. The van der Waals surface area contributed by atoms with Crippen LogP contribution >= 0.6 is 7.92 Å². The minimum Gasteiger partial charge on any atom is -0.475 e. The molecule has 0 aromatic heterocycles. The Morgan fingerprint density at radius 1 is 0.857 bits per heavy atom. The summed E-state index contributed by atoms with van der Waals surface area (Å²) in [5.74, 6) is 0.926. The number of hydrogen-bond acceptors (Lipinski definition) is 2. The number of aliphatic imine (C=N–C) groups is 1. The minimum atomic E-state index is -0.132. The normalized spacial score (nSPS) is 25.0. The van der Waals surface area contributed by atoms with E-state index in [0.717, 1.165) is 23.8 Å². The van der Waals surface area contributed by atoms with Crippen LogP contribution in [0, 0.1) is 5.41 Å². The van der Waals surface area contributed by atoms with E-state index in [2.05, 4.69) is 45.0 Å². The molecule has 0 spiro atoms. The van der Waals surface area contributed by atoms with Crippen LogP contribution in [0.2, 0.25) is 0 Å². The molecule has 28 heavy (non-hydrogen) atoms. The molecule has 1 aliphatic heterocycles. The zero-order valence-electron chi connectivity index (χ0n) is 18.1. The molecule has 0 bridgehead atoms. The van der Waals surface area contributed by atoms with Gasteiger partial charge in [-0.2, -0.15) is 0 Å². The highest BCUT2D eigenvalue weighted by molar-refractivity contribution is 7.67. The Kier molecular flexibility index (Phi) is 6.46. The lowest BCUT2D eigenvalue weighted by Crippen LogP contribution is -2.29. The van der Waals surface area contributed by atoms with Gasteiger partial charge in [0.05, 0.1) is 6.04 Å². The summed E-state index contributed by atoms with van der Waals surface area (Å²) in [6.45, 7) is 7.56. The molecule has 0 unspecified atom stereocenters. The van der Waals surface area contributed by atoms with Crippen molar-refractivity contribution in [1.29, 1.82) is 0 Å². The van der Waals surface area contributed by atoms with Crippen LogP contribution in [0.25, 0.3) is 0 Å². The Bertz CT molecular complexity index is 662. The predicted octanol–water partition coefficient (Wildman–Crippen LogP) is 6.65. The fraction of sp³-hybridized carbons (Fsp3) is 0.720. The van der Waals surface area contributed by atoms with Gasteiger partial charge in [0.1, 0.15) is 6.61 Å². The van der Waals surface area contributed by atoms with Crippen LogP contribution in [0.5, 0.6) is 0 Å². The molecule has 2 saturated carbocycles. The first-order chi connectivity index (χ1) is 13.5. The third kappa shape index (κ3) is 4.48. The van der Waals surface area contributed by atoms with E-state index in [9.17, 15) is 0 Å². The first-order valence-electron chi connectivity index (χ1n) is 11.6. The van der Waals surface area contributed by atoms with E-state index >= 15 is 0 Å². The Balaban J connectivity index is 1.69. The van der Waals surface area contributed by atoms with E-state index in [1.165, 1.54) is 69.8 Å². The Morgan fingerprint density at radius 3 is 1.96 bits per heavy atom. The smallest absolute Gasteiger partial charge is 0.217 e. The SMILES string of the molecule is CC(C)(C)[C@@H]1COC(c2ccccc2P(C2CCCCC2)C2CCCCC2)=N1. The van der Waals surface area contributed by atoms with Crippen molar-refractivity contribution in [2.45, 2.75) is 102 Å². The molecule has 2 aliphatic carbocycles. The van der Waals surface area contributed by atoms with Gasteiger partial charge in [0.2, 0.25) is 5.90 Å². The van der Waals surface area contributed by atoms with Crippen LogP contribution in [0.3, 0.4) is 0 Å². The lowest BCUT2D eigenvalue weighted by molar-refractivity contribution is 0.236. The maximum Gasteiger partial charge on any atom is 0.217 e. The standard InChI is InChI=1S/C25H38NOP/c1-25(2,3)23-18-27-24(26-23)21-16-10-11-17-22(21)28(19-12-6-4-7-13-19)20-14-8-5-9-15-20/h10-11,16-17,19-20,23H,4-9,12-15,18H2,1-3H3/t23-/m0/s1. The van der Waals surface area contributed by atoms with Gasteiger partial charge in [0, 0.05) is 5.56 Å². The summed E-state index contributed by atoms with van der Waals surface area (Å²) in [5, 5.41) is 1.60. The van der Waals surface area contributed by atoms with Gasteiger partial charge in [-0.1, -0.05) is 85.4 Å². The van der Waals surface area contributed by atoms with Crippen molar-refractivity contribution < 1.29 is 4.74 Å². The second kappa shape index (κ2) is 8.86. The molecule has 1 aromatic rings. The molecule has 2 nitrogen and oxygen atoms in total. The molecule has 1 aromatic carbocycles. The number of nitrogens with zero attached hydrogens (tertiary/aromatic N) is 1. The molecule has 0 saturated heterocycles. The quantitative estimate of drug-likeness (QED) is 0.519. The monoisotopic (exact) mass is 399 g/mol.